The maximum absolute atomic E-state index is 11.8. The lowest BCUT2D eigenvalue weighted by atomic mass is 10.1. The number of hydrogen-bond donors (Lipinski definition) is 2. The van der Waals surface area contributed by atoms with Crippen molar-refractivity contribution in [1.82, 2.24) is 4.98 Å². The highest BCUT2D eigenvalue weighted by atomic mass is 35.5. The van der Waals surface area contributed by atoms with Crippen LogP contribution in [0.5, 0.6) is 0 Å². The highest BCUT2D eigenvalue weighted by molar-refractivity contribution is 6.30. The predicted octanol–water partition coefficient (Wildman–Crippen LogP) is 4.00. The summed E-state index contributed by atoms with van der Waals surface area (Å²) < 4.78 is 0. The SMILES string of the molecule is Cc1ccc(NC(=O)Nc2ccc(Cl)cn2)cc1C. The van der Waals surface area contributed by atoms with Crippen LogP contribution in [0.4, 0.5) is 16.3 Å². The molecule has 1 aromatic carbocycles. The second-order valence-corrected chi connectivity index (χ2v) is 4.68. The number of urea groups is 1. The van der Waals surface area contributed by atoms with Crippen molar-refractivity contribution in [3.8, 4) is 0 Å². The average molecular weight is 276 g/mol. The predicted molar refractivity (Wildman–Crippen MR) is 77.8 cm³/mol. The number of pyridine rings is 1. The van der Waals surface area contributed by atoms with Gasteiger partial charge in [0.05, 0.1) is 5.02 Å². The maximum atomic E-state index is 11.8. The van der Waals surface area contributed by atoms with Crippen LogP contribution in [0.25, 0.3) is 0 Å². The zero-order valence-electron chi connectivity index (χ0n) is 10.7. The summed E-state index contributed by atoms with van der Waals surface area (Å²) in [5.41, 5.74) is 3.06. The van der Waals surface area contributed by atoms with Gasteiger partial charge in [0.2, 0.25) is 0 Å². The Morgan fingerprint density at radius 1 is 1.11 bits per heavy atom. The molecule has 1 aromatic heterocycles. The van der Waals surface area contributed by atoms with Crippen LogP contribution in [-0.4, -0.2) is 11.0 Å². The normalized spacial score (nSPS) is 10.1. The van der Waals surface area contributed by atoms with Gasteiger partial charge in [-0.05, 0) is 49.2 Å². The van der Waals surface area contributed by atoms with Crippen LogP contribution >= 0.6 is 11.6 Å². The molecule has 0 spiro atoms. The molecule has 2 amide bonds. The standard InChI is InChI=1S/C14H14ClN3O/c1-9-3-5-12(7-10(9)2)17-14(19)18-13-6-4-11(15)8-16-13/h3-8H,1-2H3,(H2,16,17,18,19). The fraction of sp³-hybridized carbons (Fsp3) is 0.143. The molecule has 2 aromatic rings. The summed E-state index contributed by atoms with van der Waals surface area (Å²) in [5, 5.41) is 5.91. The Morgan fingerprint density at radius 3 is 2.53 bits per heavy atom. The quantitative estimate of drug-likeness (QED) is 0.870. The number of rotatable bonds is 2. The molecule has 98 valence electrons. The zero-order chi connectivity index (χ0) is 13.8. The monoisotopic (exact) mass is 275 g/mol. The van der Waals surface area contributed by atoms with Crippen molar-refractivity contribution < 1.29 is 4.79 Å². The number of amides is 2. The van der Waals surface area contributed by atoms with E-state index in [1.807, 2.05) is 32.0 Å². The fourth-order valence-corrected chi connectivity index (χ4v) is 1.66. The number of halogens is 1. The molecule has 19 heavy (non-hydrogen) atoms. The van der Waals surface area contributed by atoms with Crippen LogP contribution in [0.2, 0.25) is 5.02 Å². The number of nitrogens with zero attached hydrogens (tertiary/aromatic N) is 1. The molecule has 2 rings (SSSR count). The Morgan fingerprint density at radius 2 is 1.89 bits per heavy atom. The van der Waals surface area contributed by atoms with Crippen LogP contribution in [0, 0.1) is 13.8 Å². The number of aryl methyl sites for hydroxylation is 2. The van der Waals surface area contributed by atoms with Gasteiger partial charge in [-0.15, -0.1) is 0 Å². The van der Waals surface area contributed by atoms with Gasteiger partial charge in [-0.2, -0.15) is 0 Å². The Bertz CT molecular complexity index is 596. The molecule has 0 unspecified atom stereocenters. The van der Waals surface area contributed by atoms with E-state index in [0.717, 1.165) is 11.3 Å². The third kappa shape index (κ3) is 3.69. The van der Waals surface area contributed by atoms with Gasteiger partial charge in [0.15, 0.2) is 0 Å². The molecule has 2 N–H and O–H groups in total. The van der Waals surface area contributed by atoms with E-state index in [9.17, 15) is 4.79 Å². The zero-order valence-corrected chi connectivity index (χ0v) is 11.5. The molecular formula is C14H14ClN3O. The van der Waals surface area contributed by atoms with Gasteiger partial charge in [0.1, 0.15) is 5.82 Å². The Labute approximate surface area is 116 Å². The summed E-state index contributed by atoms with van der Waals surface area (Å²) >= 11 is 5.72. The minimum atomic E-state index is -0.335. The first-order valence-corrected chi connectivity index (χ1v) is 6.19. The molecule has 1 heterocycles. The van der Waals surface area contributed by atoms with Crippen LogP contribution in [0.1, 0.15) is 11.1 Å². The number of benzene rings is 1. The Kier molecular flexibility index (Phi) is 4.02. The molecule has 4 nitrogen and oxygen atoms in total. The van der Waals surface area contributed by atoms with Crippen molar-refractivity contribution in [3.63, 3.8) is 0 Å². The summed E-state index contributed by atoms with van der Waals surface area (Å²) in [6.07, 6.45) is 1.48. The van der Waals surface area contributed by atoms with Gasteiger partial charge in [-0.3, -0.25) is 5.32 Å². The molecule has 0 atom stereocenters. The van der Waals surface area contributed by atoms with E-state index in [4.69, 9.17) is 11.6 Å². The smallest absolute Gasteiger partial charge is 0.308 e. The lowest BCUT2D eigenvalue weighted by Crippen LogP contribution is -2.20. The molecule has 0 aliphatic carbocycles. The van der Waals surface area contributed by atoms with E-state index < -0.39 is 0 Å². The van der Waals surface area contributed by atoms with Gasteiger partial charge in [0, 0.05) is 11.9 Å². The summed E-state index contributed by atoms with van der Waals surface area (Å²) in [6.45, 7) is 4.02. The van der Waals surface area contributed by atoms with Crippen LogP contribution in [0.15, 0.2) is 36.5 Å². The van der Waals surface area contributed by atoms with Crippen LogP contribution in [0.3, 0.4) is 0 Å². The van der Waals surface area contributed by atoms with E-state index >= 15 is 0 Å². The Hall–Kier alpha value is -2.07. The number of anilines is 2. The van der Waals surface area contributed by atoms with Crippen LogP contribution in [-0.2, 0) is 0 Å². The number of hydrogen-bond acceptors (Lipinski definition) is 2. The highest BCUT2D eigenvalue weighted by Gasteiger charge is 2.04. The first kappa shape index (κ1) is 13.4. The van der Waals surface area contributed by atoms with Crippen molar-refractivity contribution in [2.24, 2.45) is 0 Å². The van der Waals surface area contributed by atoms with Gasteiger partial charge in [-0.25, -0.2) is 9.78 Å². The minimum Gasteiger partial charge on any atom is -0.308 e. The minimum absolute atomic E-state index is 0.335. The fourth-order valence-electron chi connectivity index (χ4n) is 1.55. The molecular weight excluding hydrogens is 262 g/mol. The van der Waals surface area contributed by atoms with E-state index in [1.165, 1.54) is 11.8 Å². The first-order valence-electron chi connectivity index (χ1n) is 5.81. The van der Waals surface area contributed by atoms with E-state index in [0.29, 0.717) is 10.8 Å². The van der Waals surface area contributed by atoms with Gasteiger partial charge >= 0.3 is 6.03 Å². The molecule has 0 aliphatic rings. The van der Waals surface area contributed by atoms with E-state index in [1.54, 1.807) is 12.1 Å². The van der Waals surface area contributed by atoms with Gasteiger partial charge in [0.25, 0.3) is 0 Å². The number of carbonyl (C=O) groups is 1. The van der Waals surface area contributed by atoms with Crippen molar-refractivity contribution in [1.29, 1.82) is 0 Å². The summed E-state index contributed by atoms with van der Waals surface area (Å²) in [7, 11) is 0. The first-order chi connectivity index (χ1) is 9.04. The van der Waals surface area contributed by atoms with E-state index in [-0.39, 0.29) is 6.03 Å². The van der Waals surface area contributed by atoms with Crippen LogP contribution < -0.4 is 10.6 Å². The largest absolute Gasteiger partial charge is 0.324 e. The van der Waals surface area contributed by atoms with Crippen molar-refractivity contribution in [2.75, 3.05) is 10.6 Å². The number of carbonyl (C=O) groups excluding carboxylic acids is 1. The Balaban J connectivity index is 2.01. The third-order valence-corrected chi connectivity index (χ3v) is 2.96. The second-order valence-electron chi connectivity index (χ2n) is 4.24. The van der Waals surface area contributed by atoms with Gasteiger partial charge in [-0.1, -0.05) is 17.7 Å². The molecule has 0 aliphatic heterocycles. The topological polar surface area (TPSA) is 54.0 Å². The second kappa shape index (κ2) is 5.71. The molecule has 0 saturated carbocycles. The number of aromatic nitrogens is 1. The van der Waals surface area contributed by atoms with Crippen molar-refractivity contribution in [2.45, 2.75) is 13.8 Å². The van der Waals surface area contributed by atoms with E-state index in [2.05, 4.69) is 15.6 Å². The lowest BCUT2D eigenvalue weighted by Gasteiger charge is -2.08. The molecule has 0 bridgehead atoms. The molecule has 0 saturated heterocycles. The number of nitrogens with one attached hydrogen (secondary N) is 2. The maximum Gasteiger partial charge on any atom is 0.324 e. The highest BCUT2D eigenvalue weighted by Crippen LogP contribution is 2.15. The summed E-state index contributed by atoms with van der Waals surface area (Å²) in [5.74, 6) is 0.450. The summed E-state index contributed by atoms with van der Waals surface area (Å²) in [4.78, 5) is 15.8. The third-order valence-electron chi connectivity index (χ3n) is 2.73. The average Bonchev–Trinajstić information content (AvgIpc) is 2.37. The van der Waals surface area contributed by atoms with Crippen molar-refractivity contribution in [3.05, 3.63) is 52.7 Å². The molecule has 0 radical (unpaired) electrons. The molecule has 0 fully saturated rings. The summed E-state index contributed by atoms with van der Waals surface area (Å²) in [6, 6.07) is 8.72. The van der Waals surface area contributed by atoms with Gasteiger partial charge < -0.3 is 5.32 Å². The van der Waals surface area contributed by atoms with Crippen molar-refractivity contribution >= 4 is 29.1 Å². The lowest BCUT2D eigenvalue weighted by molar-refractivity contribution is 0.262. The molecule has 5 heteroatoms.